The van der Waals surface area contributed by atoms with Crippen LogP contribution in [0.4, 0.5) is 0 Å². The maximum atomic E-state index is 11.8. The van der Waals surface area contributed by atoms with Gasteiger partial charge in [0.05, 0.1) is 10.5 Å². The van der Waals surface area contributed by atoms with Crippen LogP contribution < -0.4 is 0 Å². The highest BCUT2D eigenvalue weighted by molar-refractivity contribution is 7.89. The van der Waals surface area contributed by atoms with Gasteiger partial charge in [-0.05, 0) is 19.1 Å². The van der Waals surface area contributed by atoms with Crippen LogP contribution in [0, 0.1) is 6.92 Å². The molecule has 0 aliphatic carbocycles. The quantitative estimate of drug-likeness (QED) is 0.857. The van der Waals surface area contributed by atoms with Crippen molar-refractivity contribution in [1.29, 1.82) is 0 Å². The minimum atomic E-state index is -3.72. The number of carboxylic acid groups (broad SMARTS) is 1. The molecule has 1 aromatic rings. The molecule has 0 saturated heterocycles. The van der Waals surface area contributed by atoms with Crippen molar-refractivity contribution in [2.75, 3.05) is 14.1 Å². The van der Waals surface area contributed by atoms with E-state index in [2.05, 4.69) is 0 Å². The summed E-state index contributed by atoms with van der Waals surface area (Å²) < 4.78 is 24.7. The van der Waals surface area contributed by atoms with E-state index in [1.54, 1.807) is 13.0 Å². The molecular formula is C10H13NO4S. The maximum absolute atomic E-state index is 11.8. The van der Waals surface area contributed by atoms with E-state index in [0.717, 1.165) is 4.31 Å². The molecule has 0 bridgehead atoms. The Morgan fingerprint density at radius 2 is 1.88 bits per heavy atom. The predicted molar refractivity (Wildman–Crippen MR) is 59.0 cm³/mol. The molecule has 0 aromatic heterocycles. The van der Waals surface area contributed by atoms with Gasteiger partial charge in [-0.15, -0.1) is 0 Å². The third-order valence-corrected chi connectivity index (χ3v) is 4.00. The van der Waals surface area contributed by atoms with Gasteiger partial charge < -0.3 is 5.11 Å². The van der Waals surface area contributed by atoms with Crippen molar-refractivity contribution < 1.29 is 18.3 Å². The standard InChI is InChI=1S/C10H13NO4S/c1-7-4-5-9(8(6-7)10(12)13)16(14,15)11(2)3/h4-6H,1-3H3,(H,12,13). The Labute approximate surface area is 94.4 Å². The van der Waals surface area contributed by atoms with E-state index in [1.807, 2.05) is 0 Å². The summed E-state index contributed by atoms with van der Waals surface area (Å²) in [7, 11) is -0.993. The molecule has 0 heterocycles. The molecule has 0 amide bonds. The lowest BCUT2D eigenvalue weighted by molar-refractivity contribution is 0.0692. The molecule has 0 unspecified atom stereocenters. The lowest BCUT2D eigenvalue weighted by Crippen LogP contribution is -2.24. The highest BCUT2D eigenvalue weighted by Crippen LogP contribution is 2.19. The first-order valence-electron chi connectivity index (χ1n) is 4.53. The normalized spacial score (nSPS) is 11.8. The number of carboxylic acids is 1. The number of sulfonamides is 1. The largest absolute Gasteiger partial charge is 0.478 e. The maximum Gasteiger partial charge on any atom is 0.337 e. The number of aromatic carboxylic acids is 1. The fourth-order valence-corrected chi connectivity index (χ4v) is 2.29. The number of hydrogen-bond acceptors (Lipinski definition) is 3. The molecular weight excluding hydrogens is 230 g/mol. The fourth-order valence-electron chi connectivity index (χ4n) is 1.23. The van der Waals surface area contributed by atoms with Crippen LogP contribution in [0.2, 0.25) is 0 Å². The molecule has 0 spiro atoms. The van der Waals surface area contributed by atoms with E-state index in [4.69, 9.17) is 5.11 Å². The van der Waals surface area contributed by atoms with Gasteiger partial charge in [0.15, 0.2) is 0 Å². The number of aryl methyl sites for hydroxylation is 1. The lowest BCUT2D eigenvalue weighted by atomic mass is 10.1. The molecule has 88 valence electrons. The number of hydrogen-bond donors (Lipinski definition) is 1. The van der Waals surface area contributed by atoms with Gasteiger partial charge in [-0.3, -0.25) is 0 Å². The van der Waals surface area contributed by atoms with Crippen LogP contribution in [0.25, 0.3) is 0 Å². The van der Waals surface area contributed by atoms with Crippen molar-refractivity contribution in [3.63, 3.8) is 0 Å². The second-order valence-corrected chi connectivity index (χ2v) is 5.71. The number of rotatable bonds is 3. The van der Waals surface area contributed by atoms with Gasteiger partial charge in [-0.1, -0.05) is 11.6 Å². The van der Waals surface area contributed by atoms with Crippen molar-refractivity contribution in [2.24, 2.45) is 0 Å². The van der Waals surface area contributed by atoms with E-state index in [9.17, 15) is 13.2 Å². The van der Waals surface area contributed by atoms with Crippen LogP contribution in [0.5, 0.6) is 0 Å². The van der Waals surface area contributed by atoms with Crippen molar-refractivity contribution >= 4 is 16.0 Å². The first-order valence-corrected chi connectivity index (χ1v) is 5.97. The van der Waals surface area contributed by atoms with Gasteiger partial charge in [-0.2, -0.15) is 0 Å². The smallest absolute Gasteiger partial charge is 0.337 e. The molecule has 1 N–H and O–H groups in total. The summed E-state index contributed by atoms with van der Waals surface area (Å²) >= 11 is 0. The summed E-state index contributed by atoms with van der Waals surface area (Å²) in [6, 6.07) is 4.23. The van der Waals surface area contributed by atoms with E-state index in [1.165, 1.54) is 26.2 Å². The molecule has 16 heavy (non-hydrogen) atoms. The van der Waals surface area contributed by atoms with E-state index in [0.29, 0.717) is 5.56 Å². The summed E-state index contributed by atoms with van der Waals surface area (Å²) in [6.45, 7) is 1.71. The molecule has 5 nitrogen and oxygen atoms in total. The summed E-state index contributed by atoms with van der Waals surface area (Å²) in [5.74, 6) is -1.25. The zero-order chi connectivity index (χ0) is 12.5. The zero-order valence-electron chi connectivity index (χ0n) is 9.26. The third kappa shape index (κ3) is 2.23. The summed E-state index contributed by atoms with van der Waals surface area (Å²) in [5.41, 5.74) is 0.504. The Morgan fingerprint density at radius 1 is 1.31 bits per heavy atom. The zero-order valence-corrected chi connectivity index (χ0v) is 10.1. The van der Waals surface area contributed by atoms with Crippen molar-refractivity contribution in [2.45, 2.75) is 11.8 Å². The van der Waals surface area contributed by atoms with Gasteiger partial charge in [0, 0.05) is 14.1 Å². The Kier molecular flexibility index (Phi) is 3.35. The second-order valence-electron chi connectivity index (χ2n) is 3.59. The van der Waals surface area contributed by atoms with Gasteiger partial charge >= 0.3 is 5.97 Å². The Morgan fingerprint density at radius 3 is 2.31 bits per heavy atom. The van der Waals surface area contributed by atoms with Crippen molar-refractivity contribution in [3.8, 4) is 0 Å². The van der Waals surface area contributed by atoms with Crippen molar-refractivity contribution in [3.05, 3.63) is 29.3 Å². The average molecular weight is 243 g/mol. The van der Waals surface area contributed by atoms with Crippen LogP contribution in [0.15, 0.2) is 23.1 Å². The first kappa shape index (κ1) is 12.7. The van der Waals surface area contributed by atoms with E-state index in [-0.39, 0.29) is 10.5 Å². The average Bonchev–Trinajstić information content (AvgIpc) is 2.16. The summed E-state index contributed by atoms with van der Waals surface area (Å²) in [5, 5.41) is 8.95. The Hall–Kier alpha value is -1.40. The van der Waals surface area contributed by atoms with Gasteiger partial charge in [0.25, 0.3) is 0 Å². The Balaban J connectivity index is 3.52. The minimum Gasteiger partial charge on any atom is -0.478 e. The Bertz CT molecular complexity index is 520. The number of benzene rings is 1. The van der Waals surface area contributed by atoms with Crippen LogP contribution in [-0.2, 0) is 10.0 Å². The van der Waals surface area contributed by atoms with Crippen LogP contribution in [0.3, 0.4) is 0 Å². The summed E-state index contributed by atoms with van der Waals surface area (Å²) in [6.07, 6.45) is 0. The van der Waals surface area contributed by atoms with Crippen molar-refractivity contribution in [1.82, 2.24) is 4.31 Å². The fraction of sp³-hybridized carbons (Fsp3) is 0.300. The second kappa shape index (κ2) is 4.23. The van der Waals surface area contributed by atoms with E-state index < -0.39 is 16.0 Å². The molecule has 6 heteroatoms. The van der Waals surface area contributed by atoms with Crippen LogP contribution in [0.1, 0.15) is 15.9 Å². The molecule has 0 aliphatic heterocycles. The summed E-state index contributed by atoms with van der Waals surface area (Å²) in [4.78, 5) is 10.8. The lowest BCUT2D eigenvalue weighted by Gasteiger charge is -2.13. The first-order chi connectivity index (χ1) is 7.26. The number of carbonyl (C=O) groups is 1. The molecule has 0 fully saturated rings. The van der Waals surface area contributed by atoms with Gasteiger partial charge in [0.2, 0.25) is 10.0 Å². The highest BCUT2D eigenvalue weighted by atomic mass is 32.2. The SMILES string of the molecule is Cc1ccc(S(=O)(=O)N(C)C)c(C(=O)O)c1. The highest BCUT2D eigenvalue weighted by Gasteiger charge is 2.24. The monoisotopic (exact) mass is 243 g/mol. The third-order valence-electron chi connectivity index (χ3n) is 2.12. The minimum absolute atomic E-state index is 0.185. The molecule has 0 aliphatic rings. The molecule has 0 saturated carbocycles. The topological polar surface area (TPSA) is 74.7 Å². The van der Waals surface area contributed by atoms with Gasteiger partial charge in [0.1, 0.15) is 0 Å². The predicted octanol–water partition coefficient (Wildman–Crippen LogP) is 0.944. The molecule has 1 aromatic carbocycles. The molecule has 0 radical (unpaired) electrons. The van der Waals surface area contributed by atoms with E-state index >= 15 is 0 Å². The molecule has 1 rings (SSSR count). The van der Waals surface area contributed by atoms with Gasteiger partial charge in [-0.25, -0.2) is 17.5 Å². The number of nitrogens with zero attached hydrogens (tertiary/aromatic N) is 1. The van der Waals surface area contributed by atoms with Crippen LogP contribution >= 0.6 is 0 Å². The van der Waals surface area contributed by atoms with Crippen LogP contribution in [-0.4, -0.2) is 37.9 Å². The molecule has 0 atom stereocenters.